The van der Waals surface area contributed by atoms with Gasteiger partial charge in [0.05, 0.1) is 17.5 Å². The van der Waals surface area contributed by atoms with Gasteiger partial charge in [-0.05, 0) is 30.5 Å². The maximum absolute atomic E-state index is 11.6. The second-order valence-electron chi connectivity index (χ2n) is 4.61. The molecular formula is C13H19N3O2S. The van der Waals surface area contributed by atoms with E-state index in [1.807, 2.05) is 25.1 Å². The number of fused-ring (bicyclic) bond motifs is 1. The first-order valence-electron chi connectivity index (χ1n) is 6.50. The lowest BCUT2D eigenvalue weighted by Gasteiger charge is -2.06. The summed E-state index contributed by atoms with van der Waals surface area (Å²) in [7, 11) is -3.11. The molecule has 0 fully saturated rings. The standard InChI is InChI=1S/C13H19N3O2S/c1-2-3-8-19(17,18)15-7-6-11-4-5-13-12(9-11)10-14-16-13/h4-5,9-10,15H,2-3,6-8H2,1H3,(H,14,16). The molecule has 104 valence electrons. The highest BCUT2D eigenvalue weighted by Crippen LogP contribution is 2.13. The topological polar surface area (TPSA) is 74.8 Å². The summed E-state index contributed by atoms with van der Waals surface area (Å²) >= 11 is 0. The number of benzene rings is 1. The molecule has 2 N–H and O–H groups in total. The molecule has 0 aliphatic heterocycles. The molecule has 0 atom stereocenters. The number of nitrogens with zero attached hydrogens (tertiary/aromatic N) is 1. The van der Waals surface area contributed by atoms with Crippen LogP contribution in [0.4, 0.5) is 0 Å². The average molecular weight is 281 g/mol. The Labute approximate surface area is 113 Å². The van der Waals surface area contributed by atoms with E-state index in [1.165, 1.54) is 0 Å². The van der Waals surface area contributed by atoms with Crippen molar-refractivity contribution in [2.24, 2.45) is 0 Å². The summed E-state index contributed by atoms with van der Waals surface area (Å²) in [6, 6.07) is 5.98. The van der Waals surface area contributed by atoms with Gasteiger partial charge in [0.2, 0.25) is 10.0 Å². The highest BCUT2D eigenvalue weighted by atomic mass is 32.2. The first kappa shape index (κ1) is 14.0. The first-order chi connectivity index (χ1) is 9.11. The van der Waals surface area contributed by atoms with Crippen molar-refractivity contribution < 1.29 is 8.42 Å². The molecule has 2 rings (SSSR count). The maximum Gasteiger partial charge on any atom is 0.211 e. The summed E-state index contributed by atoms with van der Waals surface area (Å²) in [5.74, 6) is 0.213. The molecule has 0 radical (unpaired) electrons. The smallest absolute Gasteiger partial charge is 0.211 e. The molecular weight excluding hydrogens is 262 g/mol. The van der Waals surface area contributed by atoms with E-state index in [2.05, 4.69) is 14.9 Å². The zero-order valence-electron chi connectivity index (χ0n) is 11.0. The number of nitrogens with one attached hydrogen (secondary N) is 2. The fourth-order valence-electron chi connectivity index (χ4n) is 1.91. The Morgan fingerprint density at radius 1 is 1.37 bits per heavy atom. The normalized spacial score (nSPS) is 12.1. The molecule has 0 aliphatic rings. The molecule has 1 heterocycles. The van der Waals surface area contributed by atoms with E-state index in [-0.39, 0.29) is 5.75 Å². The van der Waals surface area contributed by atoms with Gasteiger partial charge in [-0.1, -0.05) is 19.4 Å². The minimum Gasteiger partial charge on any atom is -0.278 e. The monoisotopic (exact) mass is 281 g/mol. The van der Waals surface area contributed by atoms with Crippen LogP contribution in [0.15, 0.2) is 24.4 Å². The van der Waals surface area contributed by atoms with E-state index in [0.717, 1.165) is 22.9 Å². The van der Waals surface area contributed by atoms with Crippen LogP contribution in [-0.2, 0) is 16.4 Å². The second kappa shape index (κ2) is 6.16. The molecule has 1 aromatic carbocycles. The van der Waals surface area contributed by atoms with Crippen molar-refractivity contribution in [2.75, 3.05) is 12.3 Å². The van der Waals surface area contributed by atoms with Crippen molar-refractivity contribution in [3.05, 3.63) is 30.0 Å². The average Bonchev–Trinajstić information content (AvgIpc) is 2.83. The third-order valence-corrected chi connectivity index (χ3v) is 4.48. The Morgan fingerprint density at radius 3 is 3.00 bits per heavy atom. The molecule has 0 unspecified atom stereocenters. The minimum atomic E-state index is -3.11. The number of hydrogen-bond acceptors (Lipinski definition) is 3. The fraction of sp³-hybridized carbons (Fsp3) is 0.462. The number of rotatable bonds is 7. The lowest BCUT2D eigenvalue weighted by Crippen LogP contribution is -2.28. The third-order valence-electron chi connectivity index (χ3n) is 3.01. The summed E-state index contributed by atoms with van der Waals surface area (Å²) < 4.78 is 25.9. The Morgan fingerprint density at radius 2 is 2.21 bits per heavy atom. The summed E-state index contributed by atoms with van der Waals surface area (Å²) in [4.78, 5) is 0. The lowest BCUT2D eigenvalue weighted by atomic mass is 10.1. The second-order valence-corrected chi connectivity index (χ2v) is 6.53. The van der Waals surface area contributed by atoms with E-state index in [9.17, 15) is 8.42 Å². The number of hydrogen-bond donors (Lipinski definition) is 2. The van der Waals surface area contributed by atoms with Crippen LogP contribution in [-0.4, -0.2) is 30.9 Å². The van der Waals surface area contributed by atoms with E-state index >= 15 is 0 Å². The highest BCUT2D eigenvalue weighted by Gasteiger charge is 2.08. The summed E-state index contributed by atoms with van der Waals surface area (Å²) in [5, 5.41) is 7.90. The molecule has 0 spiro atoms. The van der Waals surface area contributed by atoms with E-state index in [1.54, 1.807) is 6.20 Å². The van der Waals surface area contributed by atoms with Gasteiger partial charge in [-0.3, -0.25) is 5.10 Å². The maximum atomic E-state index is 11.6. The van der Waals surface area contributed by atoms with Gasteiger partial charge < -0.3 is 0 Å². The van der Waals surface area contributed by atoms with Crippen molar-refractivity contribution in [3.8, 4) is 0 Å². The Kier molecular flexibility index (Phi) is 4.55. The van der Waals surface area contributed by atoms with Crippen LogP contribution in [0.25, 0.3) is 10.9 Å². The molecule has 0 saturated heterocycles. The van der Waals surface area contributed by atoms with E-state index < -0.39 is 10.0 Å². The predicted molar refractivity (Wildman–Crippen MR) is 76.5 cm³/mol. The van der Waals surface area contributed by atoms with Gasteiger partial charge in [-0.25, -0.2) is 13.1 Å². The van der Waals surface area contributed by atoms with E-state index in [0.29, 0.717) is 19.4 Å². The van der Waals surface area contributed by atoms with Crippen LogP contribution in [0, 0.1) is 0 Å². The van der Waals surface area contributed by atoms with Gasteiger partial charge in [-0.2, -0.15) is 5.10 Å². The van der Waals surface area contributed by atoms with Crippen molar-refractivity contribution >= 4 is 20.9 Å². The third kappa shape index (κ3) is 4.04. The number of sulfonamides is 1. The SMILES string of the molecule is CCCCS(=O)(=O)NCCc1ccc2[nH]ncc2c1. The summed E-state index contributed by atoms with van der Waals surface area (Å²) in [5.41, 5.74) is 2.10. The molecule has 0 bridgehead atoms. The van der Waals surface area contributed by atoms with Crippen LogP contribution in [0.5, 0.6) is 0 Å². The highest BCUT2D eigenvalue weighted by molar-refractivity contribution is 7.89. The molecule has 6 heteroatoms. The zero-order valence-corrected chi connectivity index (χ0v) is 11.8. The van der Waals surface area contributed by atoms with Crippen LogP contribution in [0.1, 0.15) is 25.3 Å². The van der Waals surface area contributed by atoms with Crippen molar-refractivity contribution in [1.29, 1.82) is 0 Å². The van der Waals surface area contributed by atoms with Gasteiger partial charge in [0.15, 0.2) is 0 Å². The molecule has 5 nitrogen and oxygen atoms in total. The Bertz CT molecular complexity index is 634. The molecule has 19 heavy (non-hydrogen) atoms. The molecule has 0 aliphatic carbocycles. The molecule has 0 amide bonds. The quantitative estimate of drug-likeness (QED) is 0.813. The van der Waals surface area contributed by atoms with Gasteiger partial charge in [0.25, 0.3) is 0 Å². The van der Waals surface area contributed by atoms with Gasteiger partial charge >= 0.3 is 0 Å². The Balaban J connectivity index is 1.88. The predicted octanol–water partition coefficient (Wildman–Crippen LogP) is 1.82. The first-order valence-corrected chi connectivity index (χ1v) is 8.15. The number of H-pyrrole nitrogens is 1. The molecule has 1 aromatic heterocycles. The van der Waals surface area contributed by atoms with Crippen LogP contribution in [0.2, 0.25) is 0 Å². The molecule has 2 aromatic rings. The molecule has 0 saturated carbocycles. The number of aromatic nitrogens is 2. The summed E-state index contributed by atoms with van der Waals surface area (Å²) in [6.45, 7) is 2.42. The van der Waals surface area contributed by atoms with Crippen LogP contribution >= 0.6 is 0 Å². The van der Waals surface area contributed by atoms with Crippen molar-refractivity contribution in [3.63, 3.8) is 0 Å². The number of unbranched alkanes of at least 4 members (excludes halogenated alkanes) is 1. The fourth-order valence-corrected chi connectivity index (χ4v) is 3.13. The van der Waals surface area contributed by atoms with Gasteiger partial charge in [-0.15, -0.1) is 0 Å². The van der Waals surface area contributed by atoms with Gasteiger partial charge in [0, 0.05) is 11.9 Å². The van der Waals surface area contributed by atoms with Crippen LogP contribution in [0.3, 0.4) is 0 Å². The van der Waals surface area contributed by atoms with E-state index in [4.69, 9.17) is 0 Å². The largest absolute Gasteiger partial charge is 0.278 e. The van der Waals surface area contributed by atoms with Crippen molar-refractivity contribution in [2.45, 2.75) is 26.2 Å². The number of aromatic amines is 1. The summed E-state index contributed by atoms with van der Waals surface area (Å²) in [6.07, 6.45) is 4.05. The lowest BCUT2D eigenvalue weighted by molar-refractivity contribution is 0.578. The van der Waals surface area contributed by atoms with Crippen LogP contribution < -0.4 is 4.72 Å². The van der Waals surface area contributed by atoms with Crippen molar-refractivity contribution in [1.82, 2.24) is 14.9 Å². The van der Waals surface area contributed by atoms with Gasteiger partial charge in [0.1, 0.15) is 0 Å². The minimum absolute atomic E-state index is 0.213. The Hall–Kier alpha value is -1.40. The zero-order chi connectivity index (χ0) is 13.7.